The summed E-state index contributed by atoms with van der Waals surface area (Å²) in [7, 11) is 0. The molecule has 1 aromatic heterocycles. The maximum Gasteiger partial charge on any atom is 0.416 e. The van der Waals surface area contributed by atoms with Gasteiger partial charge >= 0.3 is 6.18 Å². The zero-order valence-electron chi connectivity index (χ0n) is 11.9. The lowest BCUT2D eigenvalue weighted by molar-refractivity contribution is -0.137. The third-order valence-electron chi connectivity index (χ3n) is 3.48. The number of hydrogen-bond donors (Lipinski definition) is 1. The molecule has 0 fully saturated rings. The highest BCUT2D eigenvalue weighted by molar-refractivity contribution is 5.83. The number of hydrogen-bond acceptors (Lipinski definition) is 1. The van der Waals surface area contributed by atoms with Gasteiger partial charge in [0.15, 0.2) is 0 Å². The Kier molecular flexibility index (Phi) is 3.56. The number of alkyl halides is 3. The zero-order valence-corrected chi connectivity index (χ0v) is 11.9. The molecule has 3 rings (SSSR count). The summed E-state index contributed by atoms with van der Waals surface area (Å²) in [6.45, 7) is 2.21. The molecule has 0 saturated heterocycles. The number of H-pyrrole nitrogens is 1. The van der Waals surface area contributed by atoms with Crippen LogP contribution < -0.4 is 4.74 Å². The van der Waals surface area contributed by atoms with E-state index in [1.807, 2.05) is 31.3 Å². The average molecular weight is 305 g/mol. The van der Waals surface area contributed by atoms with Gasteiger partial charge in [-0.3, -0.25) is 0 Å². The molecule has 0 saturated carbocycles. The van der Waals surface area contributed by atoms with Crippen molar-refractivity contribution in [1.82, 2.24) is 4.98 Å². The van der Waals surface area contributed by atoms with E-state index >= 15 is 0 Å². The highest BCUT2D eigenvalue weighted by atomic mass is 19.4. The van der Waals surface area contributed by atoms with E-state index in [-0.39, 0.29) is 12.4 Å². The van der Waals surface area contributed by atoms with Crippen LogP contribution in [0.15, 0.2) is 48.7 Å². The molecule has 114 valence electrons. The molecule has 22 heavy (non-hydrogen) atoms. The molecule has 0 amide bonds. The lowest BCUT2D eigenvalue weighted by Gasteiger charge is -2.10. The summed E-state index contributed by atoms with van der Waals surface area (Å²) in [4.78, 5) is 3.14. The second-order valence-electron chi connectivity index (χ2n) is 5.18. The van der Waals surface area contributed by atoms with Crippen molar-refractivity contribution in [2.45, 2.75) is 19.7 Å². The molecule has 0 unspecified atom stereocenters. The normalized spacial score (nSPS) is 11.8. The lowest BCUT2D eigenvalue weighted by Crippen LogP contribution is -2.05. The second kappa shape index (κ2) is 5.40. The Balaban J connectivity index is 1.80. The molecule has 0 aliphatic carbocycles. The number of aromatic amines is 1. The van der Waals surface area contributed by atoms with Gasteiger partial charge in [-0.05, 0) is 36.8 Å². The average Bonchev–Trinajstić information content (AvgIpc) is 2.86. The SMILES string of the molecule is Cc1ccc2c(COc3cccc(C(F)(F)F)c3)c[nH]c2c1. The smallest absolute Gasteiger partial charge is 0.416 e. The van der Waals surface area contributed by atoms with Crippen LogP contribution in [0.4, 0.5) is 13.2 Å². The van der Waals surface area contributed by atoms with Gasteiger partial charge in [-0.2, -0.15) is 13.2 Å². The first-order valence-electron chi connectivity index (χ1n) is 6.80. The van der Waals surface area contributed by atoms with Gasteiger partial charge in [0.25, 0.3) is 0 Å². The number of aryl methyl sites for hydroxylation is 1. The third-order valence-corrected chi connectivity index (χ3v) is 3.48. The first-order valence-corrected chi connectivity index (χ1v) is 6.80. The molecule has 3 aromatic rings. The number of benzene rings is 2. The van der Waals surface area contributed by atoms with E-state index in [2.05, 4.69) is 4.98 Å². The summed E-state index contributed by atoms with van der Waals surface area (Å²) in [5, 5.41) is 1.01. The number of ether oxygens (including phenoxy) is 1. The standard InChI is InChI=1S/C17H14F3NO/c1-11-5-6-15-12(9-21-16(15)7-11)10-22-14-4-2-3-13(8-14)17(18,19)20/h2-9,21H,10H2,1H3. The van der Waals surface area contributed by atoms with Crippen molar-refractivity contribution in [2.75, 3.05) is 0 Å². The summed E-state index contributed by atoms with van der Waals surface area (Å²) in [5.74, 6) is 0.205. The van der Waals surface area contributed by atoms with E-state index in [0.717, 1.165) is 34.2 Å². The van der Waals surface area contributed by atoms with Crippen LogP contribution in [0.5, 0.6) is 5.75 Å². The van der Waals surface area contributed by atoms with Crippen LogP contribution in [0.1, 0.15) is 16.7 Å². The van der Waals surface area contributed by atoms with Crippen LogP contribution >= 0.6 is 0 Å². The molecule has 0 spiro atoms. The molecule has 0 bridgehead atoms. The summed E-state index contributed by atoms with van der Waals surface area (Å²) < 4.78 is 43.5. The van der Waals surface area contributed by atoms with E-state index < -0.39 is 11.7 Å². The Morgan fingerprint density at radius 3 is 2.68 bits per heavy atom. The molecule has 2 aromatic carbocycles. The molecule has 1 heterocycles. The van der Waals surface area contributed by atoms with Crippen molar-refractivity contribution in [3.8, 4) is 5.75 Å². The Bertz CT molecular complexity index is 805. The third kappa shape index (κ3) is 2.93. The molecule has 5 heteroatoms. The van der Waals surface area contributed by atoms with Crippen LogP contribution in [-0.2, 0) is 12.8 Å². The minimum atomic E-state index is -4.36. The number of fused-ring (bicyclic) bond motifs is 1. The monoisotopic (exact) mass is 305 g/mol. The Morgan fingerprint density at radius 1 is 1.09 bits per heavy atom. The van der Waals surface area contributed by atoms with Crippen LogP contribution in [0, 0.1) is 6.92 Å². The predicted molar refractivity (Wildman–Crippen MR) is 78.8 cm³/mol. The van der Waals surface area contributed by atoms with E-state index in [1.165, 1.54) is 12.1 Å². The highest BCUT2D eigenvalue weighted by Crippen LogP contribution is 2.31. The Hall–Kier alpha value is -2.43. The van der Waals surface area contributed by atoms with Gasteiger partial charge < -0.3 is 9.72 Å². The molecule has 2 nitrogen and oxygen atoms in total. The van der Waals surface area contributed by atoms with Crippen LogP contribution in [0.3, 0.4) is 0 Å². The first-order chi connectivity index (χ1) is 10.4. The minimum Gasteiger partial charge on any atom is -0.489 e. The van der Waals surface area contributed by atoms with Gasteiger partial charge in [0.05, 0.1) is 5.56 Å². The van der Waals surface area contributed by atoms with Gasteiger partial charge in [-0.15, -0.1) is 0 Å². The van der Waals surface area contributed by atoms with E-state index in [9.17, 15) is 13.2 Å². The van der Waals surface area contributed by atoms with Gasteiger partial charge in [-0.25, -0.2) is 0 Å². The number of nitrogens with one attached hydrogen (secondary N) is 1. The topological polar surface area (TPSA) is 25.0 Å². The lowest BCUT2D eigenvalue weighted by atomic mass is 10.1. The fourth-order valence-corrected chi connectivity index (χ4v) is 2.34. The number of aromatic nitrogens is 1. The largest absolute Gasteiger partial charge is 0.489 e. The molecule has 0 atom stereocenters. The van der Waals surface area contributed by atoms with Crippen LogP contribution in [0.25, 0.3) is 10.9 Å². The maximum atomic E-state index is 12.7. The Labute approximate surface area is 125 Å². The fraction of sp³-hybridized carbons (Fsp3) is 0.176. The fourth-order valence-electron chi connectivity index (χ4n) is 2.34. The summed E-state index contributed by atoms with van der Waals surface area (Å²) in [6, 6.07) is 10.9. The van der Waals surface area contributed by atoms with Gasteiger partial charge in [0.2, 0.25) is 0 Å². The van der Waals surface area contributed by atoms with Gasteiger partial charge in [0.1, 0.15) is 12.4 Å². The number of rotatable bonds is 3. The second-order valence-corrected chi connectivity index (χ2v) is 5.18. The first kappa shape index (κ1) is 14.5. The molecular weight excluding hydrogens is 291 g/mol. The molecule has 1 N–H and O–H groups in total. The number of halogens is 3. The maximum absolute atomic E-state index is 12.7. The molecule has 0 aliphatic rings. The van der Waals surface area contributed by atoms with E-state index in [0.29, 0.717) is 0 Å². The highest BCUT2D eigenvalue weighted by Gasteiger charge is 2.30. The molecule has 0 aliphatic heterocycles. The predicted octanol–water partition coefficient (Wildman–Crippen LogP) is 5.07. The minimum absolute atomic E-state index is 0.205. The summed E-state index contributed by atoms with van der Waals surface area (Å²) >= 11 is 0. The van der Waals surface area contributed by atoms with Crippen molar-refractivity contribution in [1.29, 1.82) is 0 Å². The van der Waals surface area contributed by atoms with Gasteiger partial charge in [-0.1, -0.05) is 18.2 Å². The van der Waals surface area contributed by atoms with Crippen LogP contribution in [0.2, 0.25) is 0 Å². The Morgan fingerprint density at radius 2 is 1.91 bits per heavy atom. The van der Waals surface area contributed by atoms with E-state index in [4.69, 9.17) is 4.74 Å². The summed E-state index contributed by atoms with van der Waals surface area (Å²) in [6.07, 6.45) is -2.55. The zero-order chi connectivity index (χ0) is 15.7. The quantitative estimate of drug-likeness (QED) is 0.717. The van der Waals surface area contributed by atoms with Crippen molar-refractivity contribution in [3.05, 3.63) is 65.4 Å². The van der Waals surface area contributed by atoms with Crippen molar-refractivity contribution < 1.29 is 17.9 Å². The van der Waals surface area contributed by atoms with Crippen LogP contribution in [-0.4, -0.2) is 4.98 Å². The van der Waals surface area contributed by atoms with Crippen molar-refractivity contribution >= 4 is 10.9 Å². The van der Waals surface area contributed by atoms with Crippen molar-refractivity contribution in [3.63, 3.8) is 0 Å². The van der Waals surface area contributed by atoms with E-state index in [1.54, 1.807) is 0 Å². The molecule has 0 radical (unpaired) electrons. The van der Waals surface area contributed by atoms with Gasteiger partial charge in [0, 0.05) is 22.7 Å². The summed E-state index contributed by atoms with van der Waals surface area (Å²) in [5.41, 5.74) is 2.33. The van der Waals surface area contributed by atoms with Crippen molar-refractivity contribution in [2.24, 2.45) is 0 Å². The molecular formula is C17H14F3NO.